The average Bonchev–Trinajstić information content (AvgIpc) is 2.97. The number of amides is 1. The topological polar surface area (TPSA) is 79.8 Å². The number of halogens is 1. The van der Waals surface area contributed by atoms with Crippen molar-refractivity contribution in [1.29, 1.82) is 0 Å². The Morgan fingerprint density at radius 1 is 1.13 bits per heavy atom. The predicted molar refractivity (Wildman–Crippen MR) is 117 cm³/mol. The predicted octanol–water partition coefficient (Wildman–Crippen LogP) is 4.44. The summed E-state index contributed by atoms with van der Waals surface area (Å²) in [6, 6.07) is 12.7. The van der Waals surface area contributed by atoms with Gasteiger partial charge in [0.1, 0.15) is 11.6 Å². The Morgan fingerprint density at radius 2 is 1.97 bits per heavy atom. The SMILES string of the molecule is CC1(C)C(=O)Nc2cc(-c3ccc(NCC4(c5ncccc5F)CCC4)nn3)ccc21. The van der Waals surface area contributed by atoms with Crippen molar-refractivity contribution in [1.82, 2.24) is 15.2 Å². The summed E-state index contributed by atoms with van der Waals surface area (Å²) in [5.41, 5.74) is 3.12. The van der Waals surface area contributed by atoms with E-state index in [1.165, 1.54) is 6.07 Å². The highest BCUT2D eigenvalue weighted by Crippen LogP contribution is 2.44. The molecular formula is C24H24FN5O. The second-order valence-corrected chi connectivity index (χ2v) is 8.96. The number of fused-ring (bicyclic) bond motifs is 1. The highest BCUT2D eigenvalue weighted by molar-refractivity contribution is 6.06. The van der Waals surface area contributed by atoms with E-state index >= 15 is 0 Å². The summed E-state index contributed by atoms with van der Waals surface area (Å²) in [6.45, 7) is 4.40. The molecule has 2 N–H and O–H groups in total. The van der Waals surface area contributed by atoms with E-state index in [-0.39, 0.29) is 17.1 Å². The molecule has 158 valence electrons. The molecule has 6 nitrogen and oxygen atoms in total. The standard InChI is InChI=1S/C24H24FN5O/c1-23(2)16-7-6-15(13-19(16)28-22(23)31)18-8-9-20(30-29-18)27-14-24(10-4-11-24)21-17(25)5-3-12-26-21/h3,5-9,12-13H,4,10-11,14H2,1-2H3,(H,27,30)(H,28,31). The molecule has 0 atom stereocenters. The molecule has 5 rings (SSSR count). The molecule has 1 aliphatic carbocycles. The second-order valence-electron chi connectivity index (χ2n) is 8.96. The molecular weight excluding hydrogens is 393 g/mol. The zero-order valence-corrected chi connectivity index (χ0v) is 17.6. The summed E-state index contributed by atoms with van der Waals surface area (Å²) < 4.78 is 14.3. The lowest BCUT2D eigenvalue weighted by Crippen LogP contribution is -2.42. The normalized spacial score (nSPS) is 18.1. The summed E-state index contributed by atoms with van der Waals surface area (Å²) >= 11 is 0. The van der Waals surface area contributed by atoms with Crippen LogP contribution in [0.4, 0.5) is 15.9 Å². The van der Waals surface area contributed by atoms with Gasteiger partial charge in [-0.05, 0) is 62.6 Å². The monoisotopic (exact) mass is 417 g/mol. The molecule has 2 aliphatic rings. The molecule has 3 aromatic rings. The van der Waals surface area contributed by atoms with E-state index in [2.05, 4.69) is 25.8 Å². The van der Waals surface area contributed by atoms with Gasteiger partial charge in [0.05, 0.1) is 16.8 Å². The fourth-order valence-electron chi connectivity index (χ4n) is 4.47. The summed E-state index contributed by atoms with van der Waals surface area (Å²) in [6.07, 6.45) is 4.51. The largest absolute Gasteiger partial charge is 0.368 e. The van der Waals surface area contributed by atoms with E-state index in [0.29, 0.717) is 18.1 Å². The molecule has 1 aliphatic heterocycles. The van der Waals surface area contributed by atoms with Crippen LogP contribution < -0.4 is 10.6 Å². The van der Waals surface area contributed by atoms with Gasteiger partial charge in [0, 0.05) is 29.4 Å². The Morgan fingerprint density at radius 3 is 2.65 bits per heavy atom. The van der Waals surface area contributed by atoms with Crippen LogP contribution in [0, 0.1) is 5.82 Å². The first-order valence-electron chi connectivity index (χ1n) is 10.5. The maximum absolute atomic E-state index is 14.3. The number of carbonyl (C=O) groups is 1. The van der Waals surface area contributed by atoms with Crippen LogP contribution in [0.1, 0.15) is 44.4 Å². The third kappa shape index (κ3) is 3.24. The van der Waals surface area contributed by atoms with Gasteiger partial charge in [0.25, 0.3) is 0 Å². The molecule has 0 spiro atoms. The van der Waals surface area contributed by atoms with Gasteiger partial charge in [-0.15, -0.1) is 10.2 Å². The number of benzene rings is 1. The van der Waals surface area contributed by atoms with Crippen LogP contribution in [0.5, 0.6) is 0 Å². The quantitative estimate of drug-likeness (QED) is 0.642. The zero-order valence-electron chi connectivity index (χ0n) is 17.6. The molecule has 7 heteroatoms. The van der Waals surface area contributed by atoms with Crippen LogP contribution in [0.3, 0.4) is 0 Å². The lowest BCUT2D eigenvalue weighted by atomic mass is 9.66. The van der Waals surface area contributed by atoms with E-state index < -0.39 is 5.41 Å². The zero-order chi connectivity index (χ0) is 21.6. The van der Waals surface area contributed by atoms with Crippen molar-refractivity contribution < 1.29 is 9.18 Å². The first-order valence-corrected chi connectivity index (χ1v) is 10.5. The molecule has 2 aromatic heterocycles. The molecule has 1 saturated carbocycles. The van der Waals surface area contributed by atoms with Crippen molar-refractivity contribution in [2.45, 2.75) is 43.9 Å². The molecule has 31 heavy (non-hydrogen) atoms. The van der Waals surface area contributed by atoms with Crippen LogP contribution >= 0.6 is 0 Å². The number of nitrogens with zero attached hydrogens (tertiary/aromatic N) is 3. The average molecular weight is 417 g/mol. The lowest BCUT2D eigenvalue weighted by molar-refractivity contribution is -0.119. The summed E-state index contributed by atoms with van der Waals surface area (Å²) in [5, 5.41) is 14.9. The van der Waals surface area contributed by atoms with Gasteiger partial charge >= 0.3 is 0 Å². The summed E-state index contributed by atoms with van der Waals surface area (Å²) in [5.74, 6) is 0.388. The third-order valence-electron chi connectivity index (χ3n) is 6.65. The number of pyridine rings is 1. The Hall–Kier alpha value is -3.35. The highest BCUT2D eigenvalue weighted by Gasteiger charge is 2.42. The first-order chi connectivity index (χ1) is 14.9. The fourth-order valence-corrected chi connectivity index (χ4v) is 4.47. The maximum atomic E-state index is 14.3. The number of anilines is 2. The van der Waals surface area contributed by atoms with Gasteiger partial charge in [-0.25, -0.2) is 4.39 Å². The van der Waals surface area contributed by atoms with Crippen molar-refractivity contribution in [3.05, 3.63) is 65.7 Å². The second kappa shape index (κ2) is 7.11. The molecule has 0 bridgehead atoms. The van der Waals surface area contributed by atoms with E-state index in [1.54, 1.807) is 12.3 Å². The van der Waals surface area contributed by atoms with Crippen LogP contribution in [0.15, 0.2) is 48.7 Å². The highest BCUT2D eigenvalue weighted by atomic mass is 19.1. The smallest absolute Gasteiger partial charge is 0.234 e. The molecule has 0 radical (unpaired) electrons. The van der Waals surface area contributed by atoms with Crippen molar-refractivity contribution >= 4 is 17.4 Å². The van der Waals surface area contributed by atoms with Gasteiger partial charge in [-0.2, -0.15) is 0 Å². The van der Waals surface area contributed by atoms with Crippen molar-refractivity contribution in [3.63, 3.8) is 0 Å². The van der Waals surface area contributed by atoms with Gasteiger partial charge in [0.15, 0.2) is 0 Å². The number of rotatable bonds is 5. The van der Waals surface area contributed by atoms with Crippen LogP contribution in [0.25, 0.3) is 11.3 Å². The van der Waals surface area contributed by atoms with Crippen molar-refractivity contribution in [3.8, 4) is 11.3 Å². The van der Waals surface area contributed by atoms with Gasteiger partial charge < -0.3 is 10.6 Å². The summed E-state index contributed by atoms with van der Waals surface area (Å²) in [7, 11) is 0. The lowest BCUT2D eigenvalue weighted by Gasteiger charge is -2.41. The molecule has 0 saturated heterocycles. The summed E-state index contributed by atoms with van der Waals surface area (Å²) in [4.78, 5) is 16.5. The minimum Gasteiger partial charge on any atom is -0.368 e. The Bertz CT molecular complexity index is 1150. The number of hydrogen-bond donors (Lipinski definition) is 2. The van der Waals surface area contributed by atoms with Gasteiger partial charge in [-0.1, -0.05) is 18.6 Å². The number of carbonyl (C=O) groups excluding carboxylic acids is 1. The third-order valence-corrected chi connectivity index (χ3v) is 6.65. The van der Waals surface area contributed by atoms with Gasteiger partial charge in [0.2, 0.25) is 5.91 Å². The maximum Gasteiger partial charge on any atom is 0.234 e. The van der Waals surface area contributed by atoms with E-state index in [0.717, 1.165) is 41.8 Å². The molecule has 1 aromatic carbocycles. The number of hydrogen-bond acceptors (Lipinski definition) is 5. The fraction of sp³-hybridized carbons (Fsp3) is 0.333. The van der Waals surface area contributed by atoms with Crippen molar-refractivity contribution in [2.75, 3.05) is 17.2 Å². The Labute approximate surface area is 180 Å². The number of aromatic nitrogens is 3. The number of nitrogens with one attached hydrogen (secondary N) is 2. The first kappa shape index (κ1) is 19.6. The minimum atomic E-state index is -0.530. The molecule has 1 fully saturated rings. The van der Waals surface area contributed by atoms with E-state index in [4.69, 9.17) is 0 Å². The Kier molecular flexibility index (Phi) is 4.50. The van der Waals surface area contributed by atoms with Crippen LogP contribution in [-0.4, -0.2) is 27.6 Å². The Balaban J connectivity index is 1.32. The van der Waals surface area contributed by atoms with E-state index in [1.807, 2.05) is 44.2 Å². The van der Waals surface area contributed by atoms with Gasteiger partial charge in [-0.3, -0.25) is 9.78 Å². The van der Waals surface area contributed by atoms with E-state index in [9.17, 15) is 9.18 Å². The van der Waals surface area contributed by atoms with Crippen LogP contribution in [-0.2, 0) is 15.6 Å². The molecule has 0 unspecified atom stereocenters. The molecule has 3 heterocycles. The minimum absolute atomic E-state index is 0.000418. The van der Waals surface area contributed by atoms with Crippen LogP contribution in [0.2, 0.25) is 0 Å². The van der Waals surface area contributed by atoms with Crippen molar-refractivity contribution in [2.24, 2.45) is 0 Å². The molecule has 1 amide bonds.